The summed E-state index contributed by atoms with van der Waals surface area (Å²) in [7, 11) is 0.384. The average Bonchev–Trinajstić information content (AvgIpc) is 2.65. The van der Waals surface area contributed by atoms with Crippen LogP contribution >= 0.6 is 0 Å². The van der Waals surface area contributed by atoms with E-state index < -0.39 is 16.0 Å². The molecule has 1 heterocycles. The van der Waals surface area contributed by atoms with Gasteiger partial charge in [0.05, 0.1) is 19.9 Å². The third kappa shape index (κ3) is 2.79. The molecule has 0 aliphatic rings. The van der Waals surface area contributed by atoms with Gasteiger partial charge in [-0.15, -0.1) is 0 Å². The van der Waals surface area contributed by atoms with Crippen molar-refractivity contribution in [1.82, 2.24) is 13.9 Å². The third-order valence-corrected chi connectivity index (χ3v) is 4.41. The van der Waals surface area contributed by atoms with Gasteiger partial charge in [0.1, 0.15) is 0 Å². The third-order valence-electron chi connectivity index (χ3n) is 2.42. The van der Waals surface area contributed by atoms with Crippen molar-refractivity contribution in [2.45, 2.75) is 11.4 Å². The Balaban J connectivity index is 2.91. The van der Waals surface area contributed by atoms with Crippen molar-refractivity contribution >= 4 is 21.8 Å². The molecule has 0 saturated heterocycles. The van der Waals surface area contributed by atoms with E-state index in [9.17, 15) is 13.2 Å². The quantitative estimate of drug-likeness (QED) is 0.704. The highest BCUT2D eigenvalue weighted by Crippen LogP contribution is 2.19. The van der Waals surface area contributed by atoms with E-state index in [1.807, 2.05) is 0 Å². The summed E-state index contributed by atoms with van der Waals surface area (Å²) in [5, 5.41) is -0.0881. The first-order valence-electron chi connectivity index (χ1n) is 5.10. The van der Waals surface area contributed by atoms with Gasteiger partial charge in [0.25, 0.3) is 10.0 Å². The number of nitrogen functional groups attached to an aromatic ring is 1. The molecular formula is C9H16N4O4S. The van der Waals surface area contributed by atoms with Crippen LogP contribution < -0.4 is 5.73 Å². The Bertz CT molecular complexity index is 517. The van der Waals surface area contributed by atoms with E-state index in [1.165, 1.54) is 32.1 Å². The zero-order valence-electron chi connectivity index (χ0n) is 10.5. The first-order valence-corrected chi connectivity index (χ1v) is 6.54. The molecule has 0 atom stereocenters. The van der Waals surface area contributed by atoms with Gasteiger partial charge in [-0.2, -0.15) is 4.31 Å². The van der Waals surface area contributed by atoms with Gasteiger partial charge in [-0.05, 0) is 0 Å². The molecule has 9 heteroatoms. The van der Waals surface area contributed by atoms with Crippen molar-refractivity contribution in [3.8, 4) is 0 Å². The molecular weight excluding hydrogens is 260 g/mol. The number of hydrogen-bond acceptors (Lipinski definition) is 6. The van der Waals surface area contributed by atoms with E-state index in [0.29, 0.717) is 0 Å². The lowest BCUT2D eigenvalue weighted by molar-refractivity contribution is -0.140. The molecule has 18 heavy (non-hydrogen) atoms. The Labute approximate surface area is 105 Å². The molecule has 0 radical (unpaired) electrons. The first kappa shape index (κ1) is 14.5. The number of carbonyl (C=O) groups excluding carboxylic acids is 1. The van der Waals surface area contributed by atoms with Crippen molar-refractivity contribution in [2.75, 3.05) is 26.4 Å². The molecule has 102 valence electrons. The van der Waals surface area contributed by atoms with Gasteiger partial charge < -0.3 is 15.0 Å². The number of sulfonamides is 1. The smallest absolute Gasteiger partial charge is 0.306 e. The normalized spacial score (nSPS) is 11.8. The van der Waals surface area contributed by atoms with Crippen LogP contribution in [0.1, 0.15) is 6.42 Å². The fourth-order valence-electron chi connectivity index (χ4n) is 1.37. The van der Waals surface area contributed by atoms with Crippen LogP contribution in [0.25, 0.3) is 0 Å². The standard InChI is InChI=1S/C9H16N4O4S/c1-12-6-11-8(10)9(12)18(15,16)13(2)5-4-7(14)17-3/h6H,4-5,10H2,1-3H3. The Morgan fingerprint density at radius 1 is 1.61 bits per heavy atom. The van der Waals surface area contributed by atoms with E-state index in [1.54, 1.807) is 0 Å². The monoisotopic (exact) mass is 276 g/mol. The highest BCUT2D eigenvalue weighted by molar-refractivity contribution is 7.89. The number of esters is 1. The summed E-state index contributed by atoms with van der Waals surface area (Å²) in [4.78, 5) is 14.7. The number of nitrogens with zero attached hydrogens (tertiary/aromatic N) is 3. The van der Waals surface area contributed by atoms with Gasteiger partial charge in [0.15, 0.2) is 10.8 Å². The van der Waals surface area contributed by atoms with E-state index in [4.69, 9.17) is 5.73 Å². The van der Waals surface area contributed by atoms with Crippen LogP contribution in [-0.4, -0.2) is 48.9 Å². The van der Waals surface area contributed by atoms with Crippen LogP contribution in [0.5, 0.6) is 0 Å². The van der Waals surface area contributed by atoms with Gasteiger partial charge >= 0.3 is 5.97 Å². The molecule has 0 aliphatic heterocycles. The maximum Gasteiger partial charge on any atom is 0.306 e. The predicted octanol–water partition coefficient (Wildman–Crippen LogP) is -0.814. The van der Waals surface area contributed by atoms with Crippen molar-refractivity contribution in [3.63, 3.8) is 0 Å². The molecule has 1 aromatic heterocycles. The maximum absolute atomic E-state index is 12.2. The van der Waals surface area contributed by atoms with Crippen LogP contribution in [0.4, 0.5) is 5.82 Å². The molecule has 0 bridgehead atoms. The summed E-state index contributed by atoms with van der Waals surface area (Å²) >= 11 is 0. The van der Waals surface area contributed by atoms with E-state index in [-0.39, 0.29) is 23.8 Å². The van der Waals surface area contributed by atoms with Gasteiger partial charge in [0.2, 0.25) is 0 Å². The zero-order valence-corrected chi connectivity index (χ0v) is 11.3. The molecule has 0 unspecified atom stereocenters. The molecule has 1 aromatic rings. The number of nitrogens with two attached hydrogens (primary N) is 1. The Morgan fingerprint density at radius 2 is 2.22 bits per heavy atom. The van der Waals surface area contributed by atoms with Crippen molar-refractivity contribution in [1.29, 1.82) is 0 Å². The predicted molar refractivity (Wildman–Crippen MR) is 64.1 cm³/mol. The van der Waals surface area contributed by atoms with Gasteiger partial charge in [-0.3, -0.25) is 4.79 Å². The number of aromatic nitrogens is 2. The number of aryl methyl sites for hydroxylation is 1. The van der Waals surface area contributed by atoms with Crippen LogP contribution in [0, 0.1) is 0 Å². The van der Waals surface area contributed by atoms with Crippen molar-refractivity contribution < 1.29 is 17.9 Å². The molecule has 0 amide bonds. The van der Waals surface area contributed by atoms with Crippen LogP contribution in [-0.2, 0) is 26.6 Å². The number of rotatable bonds is 5. The summed E-state index contributed by atoms with van der Waals surface area (Å²) < 4.78 is 31.1. The maximum atomic E-state index is 12.2. The first-order chi connectivity index (χ1) is 8.30. The molecule has 2 N–H and O–H groups in total. The van der Waals surface area contributed by atoms with Gasteiger partial charge in [-0.1, -0.05) is 0 Å². The summed E-state index contributed by atoms with van der Waals surface area (Å²) in [5.41, 5.74) is 5.52. The average molecular weight is 276 g/mol. The van der Waals surface area contributed by atoms with E-state index >= 15 is 0 Å². The van der Waals surface area contributed by atoms with Crippen LogP contribution in [0.3, 0.4) is 0 Å². The largest absolute Gasteiger partial charge is 0.469 e. The Morgan fingerprint density at radius 3 is 2.67 bits per heavy atom. The molecule has 0 spiro atoms. The molecule has 1 rings (SSSR count). The number of anilines is 1. The minimum absolute atomic E-state index is 0.0135. The fourth-order valence-corrected chi connectivity index (χ4v) is 2.72. The number of ether oxygens (including phenoxy) is 1. The number of carbonyl (C=O) groups is 1. The summed E-state index contributed by atoms with van der Waals surface area (Å²) in [6.07, 6.45) is 1.29. The summed E-state index contributed by atoms with van der Waals surface area (Å²) in [6.45, 7) is 0.0135. The highest BCUT2D eigenvalue weighted by Gasteiger charge is 2.27. The number of imidazole rings is 1. The summed E-state index contributed by atoms with van der Waals surface area (Å²) in [5.74, 6) is -0.544. The summed E-state index contributed by atoms with van der Waals surface area (Å²) in [6, 6.07) is 0. The van der Waals surface area contributed by atoms with E-state index in [0.717, 1.165) is 4.31 Å². The SMILES string of the molecule is COC(=O)CCN(C)S(=O)(=O)c1c(N)ncn1C. The molecule has 0 aliphatic carbocycles. The second-order valence-corrected chi connectivity index (χ2v) is 5.66. The van der Waals surface area contributed by atoms with Crippen molar-refractivity contribution in [3.05, 3.63) is 6.33 Å². The molecule has 8 nitrogen and oxygen atoms in total. The van der Waals surface area contributed by atoms with Gasteiger partial charge in [-0.25, -0.2) is 13.4 Å². The fraction of sp³-hybridized carbons (Fsp3) is 0.556. The minimum Gasteiger partial charge on any atom is -0.469 e. The number of methoxy groups -OCH3 is 1. The van der Waals surface area contributed by atoms with Crippen LogP contribution in [0.2, 0.25) is 0 Å². The minimum atomic E-state index is -3.76. The lowest BCUT2D eigenvalue weighted by Crippen LogP contribution is -2.31. The highest BCUT2D eigenvalue weighted by atomic mass is 32.2. The molecule has 0 fully saturated rings. The lowest BCUT2D eigenvalue weighted by atomic mass is 10.4. The second kappa shape index (κ2) is 5.36. The Kier molecular flexibility index (Phi) is 4.30. The second-order valence-electron chi connectivity index (χ2n) is 3.70. The zero-order chi connectivity index (χ0) is 13.9. The molecule has 0 saturated carbocycles. The topological polar surface area (TPSA) is 108 Å². The van der Waals surface area contributed by atoms with Crippen molar-refractivity contribution in [2.24, 2.45) is 7.05 Å². The van der Waals surface area contributed by atoms with E-state index in [2.05, 4.69) is 9.72 Å². The molecule has 0 aromatic carbocycles. The Hall–Kier alpha value is -1.61. The lowest BCUT2D eigenvalue weighted by Gasteiger charge is -2.16. The number of hydrogen-bond donors (Lipinski definition) is 1. The van der Waals surface area contributed by atoms with Crippen LogP contribution in [0.15, 0.2) is 11.4 Å². The van der Waals surface area contributed by atoms with Gasteiger partial charge in [0, 0.05) is 20.6 Å².